The van der Waals surface area contributed by atoms with Crippen molar-refractivity contribution >= 4 is 6.08 Å². The SMILES string of the molecule is C[C@H]1[C@@H]2[C@@H](Oc3ccc4c(c3F)=C[C@H](C)N=4)NCNN2C[C@H]1OC[C@H](C)O. The van der Waals surface area contributed by atoms with E-state index in [1.807, 2.05) is 13.0 Å². The van der Waals surface area contributed by atoms with Crippen molar-refractivity contribution in [1.82, 2.24) is 15.8 Å². The van der Waals surface area contributed by atoms with Crippen LogP contribution in [0.5, 0.6) is 5.75 Å². The number of hydrazine groups is 1. The normalized spacial score (nSPS) is 33.7. The Kier molecular flexibility index (Phi) is 5.17. The van der Waals surface area contributed by atoms with E-state index in [2.05, 4.69) is 27.7 Å². The molecule has 1 aromatic rings. The van der Waals surface area contributed by atoms with Crippen LogP contribution >= 0.6 is 0 Å². The van der Waals surface area contributed by atoms with Crippen molar-refractivity contribution < 1.29 is 19.0 Å². The minimum Gasteiger partial charge on any atom is -0.470 e. The minimum atomic E-state index is -0.502. The van der Waals surface area contributed by atoms with E-state index in [-0.39, 0.29) is 41.9 Å². The largest absolute Gasteiger partial charge is 0.470 e. The highest BCUT2D eigenvalue weighted by Gasteiger charge is 2.47. The van der Waals surface area contributed by atoms with E-state index < -0.39 is 6.10 Å². The molecular formula is C19H27FN4O3. The average molecular weight is 378 g/mol. The second-order valence-electron chi connectivity index (χ2n) is 7.65. The fourth-order valence-electron chi connectivity index (χ4n) is 4.10. The molecule has 0 aliphatic carbocycles. The number of nitrogens with one attached hydrogen (secondary N) is 2. The molecule has 8 heteroatoms. The molecule has 0 spiro atoms. The summed E-state index contributed by atoms with van der Waals surface area (Å²) in [6.45, 7) is 7.25. The quantitative estimate of drug-likeness (QED) is 0.640. The Morgan fingerprint density at radius 1 is 1.41 bits per heavy atom. The molecule has 2 fully saturated rings. The molecule has 3 N–H and O–H groups in total. The van der Waals surface area contributed by atoms with Gasteiger partial charge < -0.3 is 14.6 Å². The van der Waals surface area contributed by atoms with Crippen molar-refractivity contribution in [3.63, 3.8) is 0 Å². The lowest BCUT2D eigenvalue weighted by Gasteiger charge is -2.39. The lowest BCUT2D eigenvalue weighted by Crippen LogP contribution is -2.64. The van der Waals surface area contributed by atoms with Crippen molar-refractivity contribution in [2.45, 2.75) is 51.3 Å². The number of hydrogen-bond acceptors (Lipinski definition) is 7. The first kappa shape index (κ1) is 18.8. The number of aliphatic hydroxyl groups excluding tert-OH is 1. The first-order valence-corrected chi connectivity index (χ1v) is 9.52. The van der Waals surface area contributed by atoms with Crippen LogP contribution in [-0.4, -0.2) is 60.5 Å². The number of fused-ring (bicyclic) bond motifs is 2. The molecule has 7 nitrogen and oxygen atoms in total. The lowest BCUT2D eigenvalue weighted by molar-refractivity contribution is -0.0233. The zero-order valence-electron chi connectivity index (χ0n) is 15.9. The van der Waals surface area contributed by atoms with Gasteiger partial charge in [-0.15, -0.1) is 0 Å². The van der Waals surface area contributed by atoms with Crippen LogP contribution < -0.4 is 26.1 Å². The van der Waals surface area contributed by atoms with Crippen molar-refractivity contribution in [3.8, 4) is 5.75 Å². The zero-order chi connectivity index (χ0) is 19.1. The number of ether oxygens (including phenoxy) is 2. The second kappa shape index (κ2) is 7.44. The second-order valence-corrected chi connectivity index (χ2v) is 7.65. The van der Waals surface area contributed by atoms with Gasteiger partial charge in [-0.1, -0.05) is 6.92 Å². The fourth-order valence-corrected chi connectivity index (χ4v) is 4.10. The van der Waals surface area contributed by atoms with Gasteiger partial charge in [0, 0.05) is 17.7 Å². The van der Waals surface area contributed by atoms with Crippen LogP contribution in [0.1, 0.15) is 20.8 Å². The third-order valence-electron chi connectivity index (χ3n) is 5.43. The van der Waals surface area contributed by atoms with Gasteiger partial charge in [-0.2, -0.15) is 0 Å². The molecule has 6 atom stereocenters. The highest BCUT2D eigenvalue weighted by Crippen LogP contribution is 2.30. The Labute approximate surface area is 157 Å². The summed E-state index contributed by atoms with van der Waals surface area (Å²) in [5.74, 6) is 0.0161. The first-order valence-electron chi connectivity index (χ1n) is 9.52. The van der Waals surface area contributed by atoms with Gasteiger partial charge in [-0.25, -0.2) is 14.8 Å². The molecule has 4 rings (SSSR count). The molecule has 0 saturated carbocycles. The maximum absolute atomic E-state index is 14.9. The number of nitrogens with zero attached hydrogens (tertiary/aromatic N) is 2. The lowest BCUT2D eigenvalue weighted by atomic mass is 9.99. The summed E-state index contributed by atoms with van der Waals surface area (Å²) in [6, 6.07) is 3.43. The molecular weight excluding hydrogens is 351 g/mol. The number of rotatable bonds is 5. The van der Waals surface area contributed by atoms with Crippen molar-refractivity contribution in [3.05, 3.63) is 28.5 Å². The third-order valence-corrected chi connectivity index (χ3v) is 5.43. The topological polar surface area (TPSA) is 78.4 Å². The van der Waals surface area contributed by atoms with E-state index in [0.29, 0.717) is 30.4 Å². The molecule has 0 amide bonds. The predicted octanol–water partition coefficient (Wildman–Crippen LogP) is -0.516. The maximum Gasteiger partial charge on any atom is 0.174 e. The van der Waals surface area contributed by atoms with Crippen LogP contribution in [0.15, 0.2) is 17.1 Å². The average Bonchev–Trinajstić information content (AvgIpc) is 3.16. The Morgan fingerprint density at radius 3 is 3.00 bits per heavy atom. The summed E-state index contributed by atoms with van der Waals surface area (Å²) < 4.78 is 26.8. The first-order chi connectivity index (χ1) is 12.9. The number of aliphatic hydroxyl groups is 1. The fraction of sp³-hybridized carbons (Fsp3) is 0.632. The van der Waals surface area contributed by atoms with Crippen molar-refractivity contribution in [2.24, 2.45) is 10.9 Å². The van der Waals surface area contributed by atoms with E-state index in [1.54, 1.807) is 19.1 Å². The van der Waals surface area contributed by atoms with Crippen LogP contribution in [0.2, 0.25) is 0 Å². The van der Waals surface area contributed by atoms with Crippen LogP contribution in [0, 0.1) is 11.7 Å². The van der Waals surface area contributed by atoms with Crippen LogP contribution in [0.4, 0.5) is 4.39 Å². The molecule has 0 bridgehead atoms. The van der Waals surface area contributed by atoms with E-state index in [4.69, 9.17) is 9.47 Å². The number of halogens is 1. The minimum absolute atomic E-state index is 0.0149. The molecule has 3 heterocycles. The monoisotopic (exact) mass is 378 g/mol. The molecule has 2 saturated heterocycles. The molecule has 3 aliphatic rings. The summed E-state index contributed by atoms with van der Waals surface area (Å²) in [5.41, 5.74) is 3.29. The van der Waals surface area contributed by atoms with E-state index >= 15 is 0 Å². The summed E-state index contributed by atoms with van der Waals surface area (Å²) in [4.78, 5) is 4.39. The molecule has 0 aromatic heterocycles. The Morgan fingerprint density at radius 2 is 2.22 bits per heavy atom. The van der Waals surface area contributed by atoms with Crippen molar-refractivity contribution in [2.75, 3.05) is 19.8 Å². The van der Waals surface area contributed by atoms with E-state index in [9.17, 15) is 9.50 Å². The molecule has 27 heavy (non-hydrogen) atoms. The van der Waals surface area contributed by atoms with Crippen molar-refractivity contribution in [1.29, 1.82) is 0 Å². The van der Waals surface area contributed by atoms with Gasteiger partial charge in [-0.05, 0) is 32.1 Å². The standard InChI is InChI=1S/C19H27FN4O3/c1-10-6-13-14(23-10)4-5-15(17(13)20)27-19-18-12(3)16(26-8-11(2)25)7-24(18)22-9-21-19/h4-6,10-12,16,18-19,21-22,25H,7-9H2,1-3H3/t10-,11-,12+,16+,18+,19+/m0/s1. The maximum atomic E-state index is 14.9. The molecule has 0 radical (unpaired) electrons. The van der Waals surface area contributed by atoms with Gasteiger partial charge >= 0.3 is 0 Å². The molecule has 1 aromatic carbocycles. The third kappa shape index (κ3) is 3.60. The van der Waals surface area contributed by atoms with Gasteiger partial charge in [0.25, 0.3) is 0 Å². The molecule has 0 unspecified atom stereocenters. The summed E-state index contributed by atoms with van der Waals surface area (Å²) >= 11 is 0. The summed E-state index contributed by atoms with van der Waals surface area (Å²) in [5, 5.41) is 16.0. The predicted molar refractivity (Wildman–Crippen MR) is 97.7 cm³/mol. The van der Waals surface area contributed by atoms with Gasteiger partial charge in [0.05, 0.1) is 42.9 Å². The van der Waals surface area contributed by atoms with Gasteiger partial charge in [0.15, 0.2) is 17.8 Å². The Bertz CT molecular complexity index is 818. The Hall–Kier alpha value is -1.58. The van der Waals surface area contributed by atoms with Gasteiger partial charge in [0.2, 0.25) is 0 Å². The summed E-state index contributed by atoms with van der Waals surface area (Å²) in [6.07, 6.45) is 0.917. The van der Waals surface area contributed by atoms with Gasteiger partial charge in [0.1, 0.15) is 0 Å². The zero-order valence-corrected chi connectivity index (χ0v) is 15.9. The smallest absolute Gasteiger partial charge is 0.174 e. The highest BCUT2D eigenvalue weighted by atomic mass is 19.1. The number of hydrogen-bond donors (Lipinski definition) is 3. The highest BCUT2D eigenvalue weighted by molar-refractivity contribution is 5.38. The van der Waals surface area contributed by atoms with Gasteiger partial charge in [-0.3, -0.25) is 10.3 Å². The van der Waals surface area contributed by atoms with Crippen LogP contribution in [-0.2, 0) is 4.74 Å². The number of benzene rings is 1. The molecule has 3 aliphatic heterocycles. The summed E-state index contributed by atoms with van der Waals surface area (Å²) in [7, 11) is 0. The Balaban J connectivity index is 1.53. The van der Waals surface area contributed by atoms with E-state index in [1.165, 1.54) is 0 Å². The van der Waals surface area contributed by atoms with Crippen LogP contribution in [0.25, 0.3) is 6.08 Å². The molecule has 148 valence electrons. The van der Waals surface area contributed by atoms with E-state index in [0.717, 1.165) is 0 Å². The van der Waals surface area contributed by atoms with Crippen LogP contribution in [0.3, 0.4) is 0 Å².